The first-order chi connectivity index (χ1) is 13.4. The number of benzene rings is 4. The predicted octanol–water partition coefficient (Wildman–Crippen LogP) is 6.93. The van der Waals surface area contributed by atoms with Crippen molar-refractivity contribution >= 4 is 5.57 Å². The highest BCUT2D eigenvalue weighted by atomic mass is 14.3. The molecule has 1 aliphatic rings. The number of allylic oxidation sites excluding steroid dienone is 1. The van der Waals surface area contributed by atoms with Gasteiger partial charge < -0.3 is 0 Å². The van der Waals surface area contributed by atoms with Crippen molar-refractivity contribution in [2.45, 2.75) is 5.92 Å². The van der Waals surface area contributed by atoms with Crippen LogP contribution in [0.25, 0.3) is 16.7 Å². The first-order valence-corrected chi connectivity index (χ1v) is 9.43. The summed E-state index contributed by atoms with van der Waals surface area (Å²) in [6, 6.07) is 39.0. The van der Waals surface area contributed by atoms with Gasteiger partial charge in [0.2, 0.25) is 0 Å². The van der Waals surface area contributed by atoms with Crippen LogP contribution in [0.2, 0.25) is 0 Å². The summed E-state index contributed by atoms with van der Waals surface area (Å²) in [6.07, 6.45) is 2.44. The molecular formula is C27H20. The van der Waals surface area contributed by atoms with E-state index in [-0.39, 0.29) is 5.92 Å². The van der Waals surface area contributed by atoms with E-state index in [2.05, 4.69) is 115 Å². The molecule has 0 N–H and O–H groups in total. The monoisotopic (exact) mass is 344 g/mol. The molecule has 4 aromatic carbocycles. The van der Waals surface area contributed by atoms with Gasteiger partial charge >= 0.3 is 0 Å². The van der Waals surface area contributed by atoms with E-state index in [9.17, 15) is 0 Å². The molecule has 0 fully saturated rings. The number of hydrogen-bond acceptors (Lipinski definition) is 0. The quantitative estimate of drug-likeness (QED) is 0.333. The van der Waals surface area contributed by atoms with Crippen molar-refractivity contribution in [2.75, 3.05) is 0 Å². The van der Waals surface area contributed by atoms with Gasteiger partial charge in [0, 0.05) is 5.92 Å². The molecule has 0 spiro atoms. The second kappa shape index (κ2) is 6.74. The van der Waals surface area contributed by atoms with Crippen molar-refractivity contribution < 1.29 is 0 Å². The van der Waals surface area contributed by atoms with Gasteiger partial charge in [-0.2, -0.15) is 0 Å². The summed E-state index contributed by atoms with van der Waals surface area (Å²) in [5.74, 6) is 0.224. The highest BCUT2D eigenvalue weighted by Crippen LogP contribution is 2.45. The molecule has 0 aliphatic heterocycles. The van der Waals surface area contributed by atoms with Crippen molar-refractivity contribution in [2.24, 2.45) is 0 Å². The summed E-state index contributed by atoms with van der Waals surface area (Å²) >= 11 is 0. The Morgan fingerprint density at radius 2 is 0.778 bits per heavy atom. The first-order valence-electron chi connectivity index (χ1n) is 9.43. The average Bonchev–Trinajstić information content (AvgIpc) is 3.07. The fourth-order valence-electron chi connectivity index (χ4n) is 4.10. The lowest BCUT2D eigenvalue weighted by Gasteiger charge is -2.16. The normalized spacial score (nSPS) is 12.0. The van der Waals surface area contributed by atoms with Crippen molar-refractivity contribution in [3.8, 4) is 11.1 Å². The minimum absolute atomic E-state index is 0.224. The molecule has 128 valence electrons. The first kappa shape index (κ1) is 15.8. The Labute approximate surface area is 160 Å². The van der Waals surface area contributed by atoms with Crippen LogP contribution < -0.4 is 0 Å². The molecule has 0 atom stereocenters. The van der Waals surface area contributed by atoms with Crippen LogP contribution in [-0.4, -0.2) is 0 Å². The molecule has 0 heteroatoms. The zero-order valence-electron chi connectivity index (χ0n) is 15.0. The SMILES string of the molecule is C(=C1c2ccccc2-c2ccccc21)C(c1ccccc1)c1ccccc1. The van der Waals surface area contributed by atoms with Gasteiger partial charge in [-0.1, -0.05) is 115 Å². The molecule has 1 aliphatic carbocycles. The minimum atomic E-state index is 0.224. The Hall–Kier alpha value is -3.38. The molecule has 5 rings (SSSR count). The van der Waals surface area contributed by atoms with E-state index < -0.39 is 0 Å². The maximum absolute atomic E-state index is 2.44. The molecule has 0 radical (unpaired) electrons. The number of hydrogen-bond donors (Lipinski definition) is 0. The lowest BCUT2D eigenvalue weighted by Crippen LogP contribution is -1.99. The largest absolute Gasteiger partial charge is 0.0641 e. The van der Waals surface area contributed by atoms with Crippen LogP contribution in [0.4, 0.5) is 0 Å². The van der Waals surface area contributed by atoms with Crippen LogP contribution in [0.3, 0.4) is 0 Å². The molecule has 0 unspecified atom stereocenters. The number of rotatable bonds is 3. The summed E-state index contributed by atoms with van der Waals surface area (Å²) < 4.78 is 0. The minimum Gasteiger partial charge on any atom is -0.0641 e. The average molecular weight is 344 g/mol. The van der Waals surface area contributed by atoms with E-state index in [0.717, 1.165) is 0 Å². The third kappa shape index (κ3) is 2.80. The Kier molecular flexibility index (Phi) is 3.95. The van der Waals surface area contributed by atoms with Gasteiger partial charge in [-0.05, 0) is 39.0 Å². The highest BCUT2D eigenvalue weighted by Gasteiger charge is 2.24. The molecule has 0 nitrogen and oxygen atoms in total. The van der Waals surface area contributed by atoms with E-state index in [1.165, 1.54) is 39.0 Å². The van der Waals surface area contributed by atoms with Gasteiger partial charge in [-0.15, -0.1) is 0 Å². The highest BCUT2D eigenvalue weighted by molar-refractivity contribution is 6.01. The Balaban J connectivity index is 1.73. The zero-order chi connectivity index (χ0) is 18.1. The van der Waals surface area contributed by atoms with Crippen LogP contribution >= 0.6 is 0 Å². The second-order valence-electron chi connectivity index (χ2n) is 6.97. The lowest BCUT2D eigenvalue weighted by atomic mass is 9.87. The van der Waals surface area contributed by atoms with Gasteiger partial charge in [0.05, 0.1) is 0 Å². The predicted molar refractivity (Wildman–Crippen MR) is 114 cm³/mol. The van der Waals surface area contributed by atoms with Crippen LogP contribution in [0.1, 0.15) is 28.2 Å². The van der Waals surface area contributed by atoms with Crippen molar-refractivity contribution in [1.82, 2.24) is 0 Å². The van der Waals surface area contributed by atoms with Crippen molar-refractivity contribution in [3.63, 3.8) is 0 Å². The van der Waals surface area contributed by atoms with Crippen LogP contribution in [0.5, 0.6) is 0 Å². The van der Waals surface area contributed by atoms with Gasteiger partial charge in [0.25, 0.3) is 0 Å². The standard InChI is InChI=1S/C27H20/c1-3-11-20(12-4-1)26(21-13-5-2-6-14-21)19-27-24-17-9-7-15-22(24)23-16-8-10-18-25(23)27/h1-19,26H. The fourth-order valence-corrected chi connectivity index (χ4v) is 4.10. The number of fused-ring (bicyclic) bond motifs is 3. The van der Waals surface area contributed by atoms with Crippen LogP contribution in [0, 0.1) is 0 Å². The van der Waals surface area contributed by atoms with Crippen LogP contribution in [-0.2, 0) is 0 Å². The third-order valence-electron chi connectivity index (χ3n) is 5.38. The van der Waals surface area contributed by atoms with Gasteiger partial charge in [0.15, 0.2) is 0 Å². The molecule has 0 aromatic heterocycles. The van der Waals surface area contributed by atoms with E-state index in [1.54, 1.807) is 0 Å². The van der Waals surface area contributed by atoms with E-state index in [0.29, 0.717) is 0 Å². The van der Waals surface area contributed by atoms with Gasteiger partial charge in [-0.3, -0.25) is 0 Å². The fraction of sp³-hybridized carbons (Fsp3) is 0.0370. The summed E-state index contributed by atoms with van der Waals surface area (Å²) in [5.41, 5.74) is 9.29. The zero-order valence-corrected chi connectivity index (χ0v) is 15.0. The Morgan fingerprint density at radius 1 is 0.407 bits per heavy atom. The van der Waals surface area contributed by atoms with Gasteiger partial charge in [0.1, 0.15) is 0 Å². The molecule has 27 heavy (non-hydrogen) atoms. The van der Waals surface area contributed by atoms with E-state index in [4.69, 9.17) is 0 Å². The molecule has 4 aromatic rings. The molecular weight excluding hydrogens is 324 g/mol. The topological polar surface area (TPSA) is 0 Å². The van der Waals surface area contributed by atoms with E-state index >= 15 is 0 Å². The second-order valence-corrected chi connectivity index (χ2v) is 6.97. The third-order valence-corrected chi connectivity index (χ3v) is 5.38. The summed E-state index contributed by atoms with van der Waals surface area (Å²) in [4.78, 5) is 0. The molecule has 0 amide bonds. The smallest absolute Gasteiger partial charge is 0.0278 e. The van der Waals surface area contributed by atoms with Crippen molar-refractivity contribution in [3.05, 3.63) is 138 Å². The Morgan fingerprint density at radius 3 is 1.22 bits per heavy atom. The molecule has 0 bridgehead atoms. The summed E-state index contributed by atoms with van der Waals surface area (Å²) in [6.45, 7) is 0. The van der Waals surface area contributed by atoms with Crippen LogP contribution in [0.15, 0.2) is 115 Å². The molecule has 0 saturated heterocycles. The van der Waals surface area contributed by atoms with E-state index in [1.807, 2.05) is 0 Å². The summed E-state index contributed by atoms with van der Waals surface area (Å²) in [7, 11) is 0. The summed E-state index contributed by atoms with van der Waals surface area (Å²) in [5, 5.41) is 0. The maximum Gasteiger partial charge on any atom is 0.0278 e. The molecule has 0 saturated carbocycles. The Bertz CT molecular complexity index is 1020. The lowest BCUT2D eigenvalue weighted by molar-refractivity contribution is 1.03. The van der Waals surface area contributed by atoms with Crippen molar-refractivity contribution in [1.29, 1.82) is 0 Å². The maximum atomic E-state index is 2.44. The molecule has 0 heterocycles. The van der Waals surface area contributed by atoms with Gasteiger partial charge in [-0.25, -0.2) is 0 Å².